The van der Waals surface area contributed by atoms with E-state index < -0.39 is 0 Å². The molecule has 9 atom stereocenters. The van der Waals surface area contributed by atoms with Crippen molar-refractivity contribution < 1.29 is 9.53 Å². The third-order valence-corrected chi connectivity index (χ3v) is 11.5. The smallest absolute Gasteiger partial charge is 0.293 e. The van der Waals surface area contributed by atoms with Gasteiger partial charge in [-0.25, -0.2) is 0 Å². The molecule has 0 aliphatic heterocycles. The minimum absolute atomic E-state index is 0.117. The van der Waals surface area contributed by atoms with E-state index in [9.17, 15) is 4.79 Å². The van der Waals surface area contributed by atoms with Crippen LogP contribution in [0, 0.1) is 52.3 Å². The summed E-state index contributed by atoms with van der Waals surface area (Å²) in [4.78, 5) is 10.9. The number of carbonyl (C=O) groups excluding carboxylic acids is 1. The van der Waals surface area contributed by atoms with Crippen LogP contribution in [0.15, 0.2) is 11.6 Å². The highest BCUT2D eigenvalue weighted by Crippen LogP contribution is 2.67. The van der Waals surface area contributed by atoms with Crippen LogP contribution >= 0.6 is 0 Å². The lowest BCUT2D eigenvalue weighted by Gasteiger charge is -2.58. The molecular formula is C30H50O2. The van der Waals surface area contributed by atoms with E-state index in [-0.39, 0.29) is 6.10 Å². The number of ether oxygens (including phenoxy) is 1. The Hall–Kier alpha value is -0.790. The van der Waals surface area contributed by atoms with E-state index in [1.807, 2.05) is 0 Å². The van der Waals surface area contributed by atoms with Crippen molar-refractivity contribution in [2.75, 3.05) is 0 Å². The van der Waals surface area contributed by atoms with Crippen LogP contribution in [0.1, 0.15) is 112 Å². The van der Waals surface area contributed by atoms with Gasteiger partial charge in [-0.05, 0) is 104 Å². The Balaban J connectivity index is 1.46. The van der Waals surface area contributed by atoms with Gasteiger partial charge < -0.3 is 4.74 Å². The summed E-state index contributed by atoms with van der Waals surface area (Å²) in [5.74, 6) is 6.16. The number of carbonyl (C=O) groups is 1. The quantitative estimate of drug-likeness (QED) is 0.280. The molecule has 0 radical (unpaired) electrons. The first-order valence-corrected chi connectivity index (χ1v) is 14.0. The average molecular weight is 443 g/mol. The maximum absolute atomic E-state index is 10.9. The highest BCUT2D eigenvalue weighted by Gasteiger charge is 2.59. The SMILES string of the molecule is CCC(CCC(C)C1CCC2C3CC=C4CC(OC=O)CCC4(C)C3CCC12C)C(C)C. The van der Waals surface area contributed by atoms with E-state index in [2.05, 4.69) is 47.6 Å². The predicted octanol–water partition coefficient (Wildman–Crippen LogP) is 8.21. The van der Waals surface area contributed by atoms with Crippen LogP contribution in [0.25, 0.3) is 0 Å². The van der Waals surface area contributed by atoms with Gasteiger partial charge in [-0.15, -0.1) is 0 Å². The molecule has 0 amide bonds. The molecule has 0 heterocycles. The van der Waals surface area contributed by atoms with Crippen LogP contribution in [0.2, 0.25) is 0 Å². The summed E-state index contributed by atoms with van der Waals surface area (Å²) in [5.41, 5.74) is 2.52. The molecule has 32 heavy (non-hydrogen) atoms. The fourth-order valence-electron chi connectivity index (χ4n) is 9.48. The third-order valence-electron chi connectivity index (χ3n) is 11.5. The molecule has 4 aliphatic rings. The van der Waals surface area contributed by atoms with Gasteiger partial charge in [0.1, 0.15) is 6.10 Å². The van der Waals surface area contributed by atoms with Crippen molar-refractivity contribution in [1.29, 1.82) is 0 Å². The monoisotopic (exact) mass is 442 g/mol. The largest absolute Gasteiger partial charge is 0.464 e. The van der Waals surface area contributed by atoms with Crippen LogP contribution in [0.5, 0.6) is 0 Å². The Morgan fingerprint density at radius 2 is 1.84 bits per heavy atom. The highest BCUT2D eigenvalue weighted by atomic mass is 16.5. The van der Waals surface area contributed by atoms with E-state index in [0.717, 1.165) is 54.3 Å². The fourth-order valence-corrected chi connectivity index (χ4v) is 9.48. The van der Waals surface area contributed by atoms with Crippen molar-refractivity contribution in [3.63, 3.8) is 0 Å². The van der Waals surface area contributed by atoms with Gasteiger partial charge >= 0.3 is 0 Å². The zero-order valence-electron chi connectivity index (χ0n) is 21.9. The second-order valence-corrected chi connectivity index (χ2v) is 13.1. The zero-order valence-corrected chi connectivity index (χ0v) is 21.9. The molecule has 0 aromatic carbocycles. The van der Waals surface area contributed by atoms with Crippen LogP contribution in [0.4, 0.5) is 0 Å². The Labute approximate surface area is 198 Å². The number of fused-ring (bicyclic) bond motifs is 5. The normalized spacial score (nSPS) is 43.0. The van der Waals surface area contributed by atoms with Crippen LogP contribution in [-0.2, 0) is 9.53 Å². The van der Waals surface area contributed by atoms with Gasteiger partial charge in [-0.1, -0.05) is 66.0 Å². The van der Waals surface area contributed by atoms with Crippen LogP contribution in [0.3, 0.4) is 0 Å². The molecule has 0 bridgehead atoms. The summed E-state index contributed by atoms with van der Waals surface area (Å²) in [5, 5.41) is 0. The molecule has 0 aromatic rings. The minimum atomic E-state index is 0.117. The summed E-state index contributed by atoms with van der Waals surface area (Å²) in [6.45, 7) is 15.7. The average Bonchev–Trinajstić information content (AvgIpc) is 3.11. The van der Waals surface area contributed by atoms with Crippen molar-refractivity contribution >= 4 is 6.47 Å². The van der Waals surface area contributed by atoms with Crippen molar-refractivity contribution in [1.82, 2.24) is 0 Å². The van der Waals surface area contributed by atoms with Gasteiger partial charge in [-0.2, -0.15) is 0 Å². The van der Waals surface area contributed by atoms with Crippen molar-refractivity contribution in [2.45, 2.75) is 118 Å². The lowest BCUT2D eigenvalue weighted by atomic mass is 9.47. The molecule has 0 aromatic heterocycles. The summed E-state index contributed by atoms with van der Waals surface area (Å²) in [6.07, 6.45) is 17.2. The van der Waals surface area contributed by atoms with E-state index in [0.29, 0.717) is 17.3 Å². The van der Waals surface area contributed by atoms with Crippen molar-refractivity contribution in [3.8, 4) is 0 Å². The van der Waals surface area contributed by atoms with Crippen LogP contribution < -0.4 is 0 Å². The predicted molar refractivity (Wildman–Crippen MR) is 133 cm³/mol. The first-order valence-electron chi connectivity index (χ1n) is 14.0. The molecule has 0 N–H and O–H groups in total. The van der Waals surface area contributed by atoms with E-state index >= 15 is 0 Å². The molecule has 0 saturated heterocycles. The number of rotatable bonds is 8. The zero-order chi connectivity index (χ0) is 23.1. The van der Waals surface area contributed by atoms with Crippen molar-refractivity contribution in [3.05, 3.63) is 11.6 Å². The Morgan fingerprint density at radius 1 is 1.06 bits per heavy atom. The van der Waals surface area contributed by atoms with Crippen LogP contribution in [-0.4, -0.2) is 12.6 Å². The summed E-state index contributed by atoms with van der Waals surface area (Å²) >= 11 is 0. The number of hydrogen-bond donors (Lipinski definition) is 0. The van der Waals surface area contributed by atoms with E-state index in [1.165, 1.54) is 57.8 Å². The third kappa shape index (κ3) is 4.11. The molecule has 9 unspecified atom stereocenters. The first kappa shape index (κ1) is 24.3. The lowest BCUT2D eigenvalue weighted by Crippen LogP contribution is -2.51. The van der Waals surface area contributed by atoms with E-state index in [1.54, 1.807) is 5.57 Å². The minimum Gasteiger partial charge on any atom is -0.464 e. The van der Waals surface area contributed by atoms with Gasteiger partial charge in [0.25, 0.3) is 6.47 Å². The summed E-state index contributed by atoms with van der Waals surface area (Å²) < 4.78 is 5.38. The molecule has 2 nitrogen and oxygen atoms in total. The first-order chi connectivity index (χ1) is 15.2. The summed E-state index contributed by atoms with van der Waals surface area (Å²) in [6, 6.07) is 0. The maximum Gasteiger partial charge on any atom is 0.293 e. The molecule has 4 aliphatic carbocycles. The highest BCUT2D eigenvalue weighted by molar-refractivity contribution is 5.38. The topological polar surface area (TPSA) is 26.3 Å². The Morgan fingerprint density at radius 3 is 2.53 bits per heavy atom. The van der Waals surface area contributed by atoms with Crippen molar-refractivity contribution in [2.24, 2.45) is 52.3 Å². The van der Waals surface area contributed by atoms with E-state index in [4.69, 9.17) is 4.74 Å². The lowest BCUT2D eigenvalue weighted by molar-refractivity contribution is -0.136. The summed E-state index contributed by atoms with van der Waals surface area (Å²) in [7, 11) is 0. The second kappa shape index (κ2) is 9.46. The standard InChI is InChI=1S/C30H50O2/c1-7-22(20(2)3)9-8-21(4)26-12-13-27-25-11-10-23-18-24(32-19-31)14-16-29(23,5)28(25)15-17-30(26,27)6/h10,19-22,24-28H,7-9,11-18H2,1-6H3. The second-order valence-electron chi connectivity index (χ2n) is 13.1. The molecule has 3 fully saturated rings. The molecule has 0 spiro atoms. The van der Waals surface area contributed by atoms with Gasteiger partial charge in [0.05, 0.1) is 0 Å². The van der Waals surface area contributed by atoms with Gasteiger partial charge in [0, 0.05) is 6.42 Å². The molecule has 182 valence electrons. The molecular weight excluding hydrogens is 392 g/mol. The molecule has 2 heteroatoms. The number of hydrogen-bond acceptors (Lipinski definition) is 2. The molecule has 4 rings (SSSR count). The van der Waals surface area contributed by atoms with Gasteiger partial charge in [0.15, 0.2) is 0 Å². The fraction of sp³-hybridized carbons (Fsp3) is 0.900. The van der Waals surface area contributed by atoms with Gasteiger partial charge in [-0.3, -0.25) is 4.79 Å². The Bertz CT molecular complexity index is 695. The maximum atomic E-state index is 10.9. The molecule has 3 saturated carbocycles. The van der Waals surface area contributed by atoms with Gasteiger partial charge in [0.2, 0.25) is 0 Å². The Kier molecular flexibility index (Phi) is 7.19. The number of allylic oxidation sites excluding steroid dienone is 1.